The van der Waals surface area contributed by atoms with Crippen LogP contribution in [0.15, 0.2) is 54.7 Å². The number of piperazine rings is 1. The molecule has 3 heterocycles. The highest BCUT2D eigenvalue weighted by Gasteiger charge is 2.51. The minimum Gasteiger partial charge on any atom is -0.361 e. The maximum absolute atomic E-state index is 12.9. The number of fused-ring (bicyclic) bond motifs is 3. The largest absolute Gasteiger partial charge is 0.361 e. The Labute approximate surface area is 167 Å². The fraction of sp³-hybridized carbons (Fsp3) is 0.273. The molecule has 1 aromatic heterocycles. The highest BCUT2D eigenvalue weighted by molar-refractivity contribution is 6.34. The maximum atomic E-state index is 12.9. The number of halogens is 1. The van der Waals surface area contributed by atoms with E-state index in [2.05, 4.69) is 11.1 Å². The smallest absolute Gasteiger partial charge is 0.250 e. The van der Waals surface area contributed by atoms with Crippen molar-refractivity contribution in [2.45, 2.75) is 31.3 Å². The third-order valence-electron chi connectivity index (χ3n) is 5.88. The second kappa shape index (κ2) is 6.67. The van der Waals surface area contributed by atoms with Crippen LogP contribution in [0.25, 0.3) is 10.9 Å². The standard InChI is InChI=1S/C22H20ClN3O2/c23-17-6-2-4-8-19(17)26-15-11-20(22(26)28)25(13-15)21(27)10-9-14-12-24-18-7-3-1-5-16(14)18/h1-8,12,15,20,24H,9-11,13H2/t15-,20-/m0/s1. The zero-order valence-corrected chi connectivity index (χ0v) is 16.0. The third kappa shape index (κ3) is 2.69. The van der Waals surface area contributed by atoms with Gasteiger partial charge in [0.1, 0.15) is 6.04 Å². The highest BCUT2D eigenvalue weighted by atomic mass is 35.5. The van der Waals surface area contributed by atoms with Gasteiger partial charge in [0.15, 0.2) is 0 Å². The first kappa shape index (κ1) is 17.3. The number of anilines is 1. The lowest BCUT2D eigenvalue weighted by Crippen LogP contribution is -2.52. The Morgan fingerprint density at radius 3 is 2.75 bits per heavy atom. The Bertz CT molecular complexity index is 1080. The SMILES string of the molecule is O=C(CCc1c[nH]c2ccccc12)N1C[C@@H]2C[C@H]1C(=O)N2c1ccccc1Cl. The minimum absolute atomic E-state index is 0.00874. The Hall–Kier alpha value is -2.79. The van der Waals surface area contributed by atoms with Crippen molar-refractivity contribution in [3.63, 3.8) is 0 Å². The van der Waals surface area contributed by atoms with Crippen LogP contribution in [0.5, 0.6) is 0 Å². The molecule has 142 valence electrons. The summed E-state index contributed by atoms with van der Waals surface area (Å²) in [5.41, 5.74) is 2.96. The number of nitrogens with one attached hydrogen (secondary N) is 1. The van der Waals surface area contributed by atoms with Crippen molar-refractivity contribution in [2.24, 2.45) is 0 Å². The van der Waals surface area contributed by atoms with Gasteiger partial charge in [0.05, 0.1) is 16.8 Å². The summed E-state index contributed by atoms with van der Waals surface area (Å²) >= 11 is 6.28. The van der Waals surface area contributed by atoms with Crippen molar-refractivity contribution in [2.75, 3.05) is 11.4 Å². The van der Waals surface area contributed by atoms with E-state index >= 15 is 0 Å². The number of amides is 2. The molecule has 0 radical (unpaired) electrons. The lowest BCUT2D eigenvalue weighted by molar-refractivity contribution is -0.138. The van der Waals surface area contributed by atoms with Crippen LogP contribution in [0.2, 0.25) is 5.02 Å². The van der Waals surface area contributed by atoms with Crippen molar-refractivity contribution in [3.8, 4) is 0 Å². The quantitative estimate of drug-likeness (QED) is 0.733. The molecule has 2 saturated heterocycles. The Morgan fingerprint density at radius 1 is 1.14 bits per heavy atom. The van der Waals surface area contributed by atoms with E-state index < -0.39 is 0 Å². The van der Waals surface area contributed by atoms with Crippen LogP contribution in [-0.2, 0) is 16.0 Å². The van der Waals surface area contributed by atoms with Crippen molar-refractivity contribution in [1.82, 2.24) is 9.88 Å². The number of aryl methyl sites for hydroxylation is 1. The summed E-state index contributed by atoms with van der Waals surface area (Å²) in [6, 6.07) is 15.1. The molecule has 3 aromatic rings. The van der Waals surface area contributed by atoms with Crippen LogP contribution in [0.3, 0.4) is 0 Å². The minimum atomic E-state index is -0.364. The predicted molar refractivity (Wildman–Crippen MR) is 109 cm³/mol. The van der Waals surface area contributed by atoms with Gasteiger partial charge in [-0.15, -0.1) is 0 Å². The number of benzene rings is 2. The molecule has 5 nitrogen and oxygen atoms in total. The molecule has 2 bridgehead atoms. The van der Waals surface area contributed by atoms with Gasteiger partial charge in [-0.05, 0) is 36.6 Å². The molecule has 2 atom stereocenters. The first-order chi connectivity index (χ1) is 13.6. The first-order valence-electron chi connectivity index (χ1n) is 9.55. The number of aromatic amines is 1. The van der Waals surface area contributed by atoms with Gasteiger partial charge in [-0.1, -0.05) is 41.9 Å². The predicted octanol–water partition coefficient (Wildman–Crippen LogP) is 3.77. The normalized spacial score (nSPS) is 21.1. The van der Waals surface area contributed by atoms with Crippen LogP contribution in [0.1, 0.15) is 18.4 Å². The van der Waals surface area contributed by atoms with Gasteiger partial charge in [0, 0.05) is 30.1 Å². The summed E-state index contributed by atoms with van der Waals surface area (Å²) in [7, 11) is 0. The lowest BCUT2D eigenvalue weighted by atomic mass is 10.1. The Balaban J connectivity index is 1.28. The number of H-pyrrole nitrogens is 1. The summed E-state index contributed by atoms with van der Waals surface area (Å²) in [6.45, 7) is 0.578. The molecule has 28 heavy (non-hydrogen) atoms. The van der Waals surface area contributed by atoms with Crippen LogP contribution >= 0.6 is 11.6 Å². The van der Waals surface area contributed by atoms with E-state index in [0.717, 1.165) is 22.2 Å². The fourth-order valence-electron chi connectivity index (χ4n) is 4.54. The Morgan fingerprint density at radius 2 is 1.93 bits per heavy atom. The number of carbonyl (C=O) groups is 2. The van der Waals surface area contributed by atoms with Gasteiger partial charge in [0.25, 0.3) is 0 Å². The van der Waals surface area contributed by atoms with E-state index in [9.17, 15) is 9.59 Å². The molecule has 2 aliphatic heterocycles. The molecule has 6 heteroatoms. The summed E-state index contributed by atoms with van der Waals surface area (Å²) in [4.78, 5) is 32.5. The van der Waals surface area contributed by atoms with Crippen molar-refractivity contribution >= 4 is 40.0 Å². The number of rotatable bonds is 4. The molecule has 2 aromatic carbocycles. The number of carbonyl (C=O) groups excluding carboxylic acids is 2. The molecule has 2 fully saturated rings. The average molecular weight is 394 g/mol. The highest BCUT2D eigenvalue weighted by Crippen LogP contribution is 2.38. The number of nitrogens with zero attached hydrogens (tertiary/aromatic N) is 2. The van der Waals surface area contributed by atoms with E-state index in [0.29, 0.717) is 30.8 Å². The maximum Gasteiger partial charge on any atom is 0.250 e. The Kier molecular flexibility index (Phi) is 4.13. The summed E-state index contributed by atoms with van der Waals surface area (Å²) in [6.07, 6.45) is 3.73. The molecule has 2 aliphatic rings. The van der Waals surface area contributed by atoms with Crippen LogP contribution in [-0.4, -0.2) is 40.3 Å². The molecule has 5 rings (SSSR count). The summed E-state index contributed by atoms with van der Waals surface area (Å²) < 4.78 is 0. The number of hydrogen-bond acceptors (Lipinski definition) is 2. The topological polar surface area (TPSA) is 56.4 Å². The van der Waals surface area contributed by atoms with Crippen LogP contribution in [0, 0.1) is 0 Å². The van der Waals surface area contributed by atoms with Crippen molar-refractivity contribution in [3.05, 3.63) is 65.3 Å². The number of aromatic nitrogens is 1. The van der Waals surface area contributed by atoms with Gasteiger partial charge in [-0.2, -0.15) is 0 Å². The van der Waals surface area contributed by atoms with E-state index in [1.54, 1.807) is 15.9 Å². The number of para-hydroxylation sites is 2. The van der Waals surface area contributed by atoms with E-state index in [1.165, 1.54) is 0 Å². The number of hydrogen-bond donors (Lipinski definition) is 1. The zero-order valence-electron chi connectivity index (χ0n) is 15.3. The van der Waals surface area contributed by atoms with Gasteiger partial charge < -0.3 is 14.8 Å². The molecule has 2 amide bonds. The van der Waals surface area contributed by atoms with E-state index in [4.69, 9.17) is 11.6 Å². The average Bonchev–Trinajstić information content (AvgIpc) is 3.40. The lowest BCUT2D eigenvalue weighted by Gasteiger charge is -2.34. The van der Waals surface area contributed by atoms with Crippen molar-refractivity contribution < 1.29 is 9.59 Å². The molecular formula is C22H20ClN3O2. The van der Waals surface area contributed by atoms with E-state index in [-0.39, 0.29) is 23.9 Å². The third-order valence-corrected chi connectivity index (χ3v) is 6.20. The molecule has 0 saturated carbocycles. The second-order valence-corrected chi connectivity index (χ2v) is 7.88. The number of likely N-dealkylation sites (tertiary alicyclic amines) is 1. The molecule has 0 aliphatic carbocycles. The zero-order chi connectivity index (χ0) is 19.3. The molecule has 1 N–H and O–H groups in total. The first-order valence-corrected chi connectivity index (χ1v) is 9.93. The van der Waals surface area contributed by atoms with Crippen LogP contribution < -0.4 is 4.90 Å². The fourth-order valence-corrected chi connectivity index (χ4v) is 4.76. The van der Waals surface area contributed by atoms with Gasteiger partial charge in [0.2, 0.25) is 11.8 Å². The summed E-state index contributed by atoms with van der Waals surface area (Å²) in [5, 5.41) is 1.72. The summed E-state index contributed by atoms with van der Waals surface area (Å²) in [5.74, 6) is 0.0229. The second-order valence-electron chi connectivity index (χ2n) is 7.47. The van der Waals surface area contributed by atoms with Gasteiger partial charge in [-0.3, -0.25) is 9.59 Å². The van der Waals surface area contributed by atoms with Crippen molar-refractivity contribution in [1.29, 1.82) is 0 Å². The van der Waals surface area contributed by atoms with Crippen LogP contribution in [0.4, 0.5) is 5.69 Å². The van der Waals surface area contributed by atoms with Gasteiger partial charge in [-0.25, -0.2) is 0 Å². The monoisotopic (exact) mass is 393 g/mol. The molecule has 0 spiro atoms. The van der Waals surface area contributed by atoms with Gasteiger partial charge >= 0.3 is 0 Å². The van der Waals surface area contributed by atoms with E-state index in [1.807, 2.05) is 42.6 Å². The molecule has 0 unspecified atom stereocenters. The molecular weight excluding hydrogens is 374 g/mol.